The van der Waals surface area contributed by atoms with Crippen molar-refractivity contribution in [3.8, 4) is 0 Å². The van der Waals surface area contributed by atoms with Gasteiger partial charge in [0, 0.05) is 30.6 Å². The molecule has 2 N–H and O–H groups in total. The van der Waals surface area contributed by atoms with E-state index in [0.717, 1.165) is 11.3 Å². The van der Waals surface area contributed by atoms with E-state index in [-0.39, 0.29) is 17.9 Å². The highest BCUT2D eigenvalue weighted by molar-refractivity contribution is 5.80. The lowest BCUT2D eigenvalue weighted by molar-refractivity contribution is -0.145. The normalized spacial score (nSPS) is 26.6. The Hall–Kier alpha value is -2.27. The molecule has 5 heteroatoms. The minimum atomic E-state index is -0.934. The van der Waals surface area contributed by atoms with Crippen molar-refractivity contribution in [3.63, 3.8) is 0 Å². The second-order valence-corrected chi connectivity index (χ2v) is 6.96. The van der Waals surface area contributed by atoms with Gasteiger partial charge in [-0.1, -0.05) is 44.2 Å². The van der Waals surface area contributed by atoms with Crippen LogP contribution >= 0.6 is 0 Å². The van der Waals surface area contributed by atoms with Crippen molar-refractivity contribution in [2.24, 2.45) is 5.92 Å². The van der Waals surface area contributed by atoms with Crippen LogP contribution in [0.2, 0.25) is 0 Å². The Morgan fingerprint density at radius 3 is 2.67 bits per heavy atom. The maximum atomic E-state index is 12.1. The van der Waals surface area contributed by atoms with Gasteiger partial charge in [-0.15, -0.1) is 0 Å². The van der Waals surface area contributed by atoms with E-state index in [1.807, 2.05) is 30.3 Å². The molecule has 0 saturated carbocycles. The highest BCUT2D eigenvalue weighted by Gasteiger charge is 2.51. The molecule has 0 aliphatic carbocycles. The van der Waals surface area contributed by atoms with Gasteiger partial charge in [0.2, 0.25) is 0 Å². The van der Waals surface area contributed by atoms with Gasteiger partial charge >= 0.3 is 5.97 Å². The lowest BCUT2D eigenvalue weighted by Crippen LogP contribution is -2.49. The number of carboxylic acid groups (broad SMARTS) is 1. The number of hydrogen-bond donors (Lipinski definition) is 2. The Kier molecular flexibility index (Phi) is 4.62. The van der Waals surface area contributed by atoms with Crippen molar-refractivity contribution in [2.45, 2.75) is 44.2 Å². The van der Waals surface area contributed by atoms with E-state index >= 15 is 0 Å². The largest absolute Gasteiger partial charge is 0.480 e. The molecular weight excluding hydrogens is 302 g/mol. The summed E-state index contributed by atoms with van der Waals surface area (Å²) in [6.45, 7) is 4.11. The second-order valence-electron chi connectivity index (χ2n) is 6.96. The molecule has 0 amide bonds. The third kappa shape index (κ3) is 3.17. The number of carbonyl (C=O) groups is 1. The first-order valence-corrected chi connectivity index (χ1v) is 8.34. The Balaban J connectivity index is 2.02. The van der Waals surface area contributed by atoms with Crippen LogP contribution in [0.1, 0.15) is 49.9 Å². The average Bonchev–Trinajstić information content (AvgIpc) is 2.97. The van der Waals surface area contributed by atoms with Crippen molar-refractivity contribution < 1.29 is 9.90 Å². The molecule has 2 aromatic rings. The summed E-state index contributed by atoms with van der Waals surface area (Å²) in [4.78, 5) is 20.7. The zero-order valence-corrected chi connectivity index (χ0v) is 14.0. The van der Waals surface area contributed by atoms with Crippen molar-refractivity contribution in [1.29, 1.82) is 0 Å². The summed E-state index contributed by atoms with van der Waals surface area (Å²) in [7, 11) is 0. The molecule has 5 nitrogen and oxygen atoms in total. The molecule has 1 aliphatic rings. The maximum absolute atomic E-state index is 12.1. The Labute approximate surface area is 142 Å². The number of rotatable bonds is 5. The molecule has 1 aromatic heterocycles. The molecule has 1 saturated heterocycles. The van der Waals surface area contributed by atoms with E-state index < -0.39 is 11.5 Å². The molecule has 0 spiro atoms. The summed E-state index contributed by atoms with van der Waals surface area (Å²) < 4.78 is 0. The number of nitrogens with zero attached hydrogens (tertiary/aromatic N) is 2. The van der Waals surface area contributed by atoms with Crippen LogP contribution in [0, 0.1) is 5.92 Å². The summed E-state index contributed by atoms with van der Waals surface area (Å²) in [5.74, 6) is -0.523. The summed E-state index contributed by atoms with van der Waals surface area (Å²) in [6, 6.07) is 9.91. The topological polar surface area (TPSA) is 75.1 Å². The van der Waals surface area contributed by atoms with Gasteiger partial charge in [0.25, 0.3) is 0 Å². The van der Waals surface area contributed by atoms with E-state index in [0.29, 0.717) is 12.8 Å². The lowest BCUT2D eigenvalue weighted by atomic mass is 9.83. The third-order valence-corrected chi connectivity index (χ3v) is 4.69. The molecular formula is C19H23N3O2. The van der Waals surface area contributed by atoms with E-state index in [1.165, 1.54) is 0 Å². The molecule has 0 radical (unpaired) electrons. The molecule has 126 valence electrons. The first kappa shape index (κ1) is 16.6. The van der Waals surface area contributed by atoms with Crippen molar-refractivity contribution in [3.05, 3.63) is 60.2 Å². The van der Waals surface area contributed by atoms with Gasteiger partial charge in [-0.2, -0.15) is 0 Å². The number of aromatic nitrogens is 2. The van der Waals surface area contributed by atoms with Crippen LogP contribution in [-0.4, -0.2) is 26.6 Å². The fourth-order valence-corrected chi connectivity index (χ4v) is 3.78. The highest BCUT2D eigenvalue weighted by atomic mass is 16.4. The van der Waals surface area contributed by atoms with Gasteiger partial charge in [0.1, 0.15) is 5.54 Å². The Bertz CT molecular complexity index is 641. The van der Waals surface area contributed by atoms with Crippen LogP contribution in [0.4, 0.5) is 0 Å². The van der Waals surface area contributed by atoms with Crippen LogP contribution in [0.3, 0.4) is 0 Å². The molecule has 3 rings (SSSR count). The predicted octanol–water partition coefficient (Wildman–Crippen LogP) is 3.16. The van der Waals surface area contributed by atoms with Crippen LogP contribution < -0.4 is 5.32 Å². The minimum Gasteiger partial charge on any atom is -0.480 e. The van der Waals surface area contributed by atoms with Crippen LogP contribution in [-0.2, 0) is 4.79 Å². The van der Waals surface area contributed by atoms with Crippen LogP contribution in [0.15, 0.2) is 48.9 Å². The van der Waals surface area contributed by atoms with E-state index in [9.17, 15) is 9.90 Å². The predicted molar refractivity (Wildman–Crippen MR) is 91.5 cm³/mol. The molecule has 24 heavy (non-hydrogen) atoms. The molecule has 1 aliphatic heterocycles. The van der Waals surface area contributed by atoms with Gasteiger partial charge < -0.3 is 5.11 Å². The standard InChI is InChI=1S/C19H23N3O2/c1-13(2)10-19(18(23)24)11-15(16-12-20-8-9-21-16)17(22-19)14-6-4-3-5-7-14/h3-9,12-13,15,17,22H,10-11H2,1-2H3,(H,23,24)/t15-,17+,19+/m1/s1. The molecule has 3 atom stereocenters. The van der Waals surface area contributed by atoms with Crippen molar-refractivity contribution in [2.75, 3.05) is 0 Å². The van der Waals surface area contributed by atoms with Crippen LogP contribution in [0.25, 0.3) is 0 Å². The smallest absolute Gasteiger partial charge is 0.323 e. The van der Waals surface area contributed by atoms with Crippen molar-refractivity contribution >= 4 is 5.97 Å². The summed E-state index contributed by atoms with van der Waals surface area (Å²) >= 11 is 0. The number of carboxylic acids is 1. The maximum Gasteiger partial charge on any atom is 0.323 e. The fraction of sp³-hybridized carbons (Fsp3) is 0.421. The quantitative estimate of drug-likeness (QED) is 0.883. The van der Waals surface area contributed by atoms with E-state index in [2.05, 4.69) is 29.1 Å². The van der Waals surface area contributed by atoms with Gasteiger partial charge in [0.05, 0.1) is 5.69 Å². The van der Waals surface area contributed by atoms with Gasteiger partial charge in [-0.3, -0.25) is 20.1 Å². The van der Waals surface area contributed by atoms with Crippen LogP contribution in [0.5, 0.6) is 0 Å². The molecule has 0 unspecified atom stereocenters. The summed E-state index contributed by atoms with van der Waals surface area (Å²) in [6.07, 6.45) is 6.15. The number of hydrogen-bond acceptors (Lipinski definition) is 4. The zero-order chi connectivity index (χ0) is 17.2. The SMILES string of the molecule is CC(C)C[C@@]1(C(=O)O)C[C@H](c2cnccn2)[C@H](c2ccccc2)N1. The van der Waals surface area contributed by atoms with E-state index in [1.54, 1.807) is 18.6 Å². The van der Waals surface area contributed by atoms with Crippen molar-refractivity contribution in [1.82, 2.24) is 15.3 Å². The first-order valence-electron chi connectivity index (χ1n) is 8.34. The first-order chi connectivity index (χ1) is 11.5. The number of aliphatic carboxylic acids is 1. The molecule has 1 aromatic carbocycles. The third-order valence-electron chi connectivity index (χ3n) is 4.69. The number of nitrogens with one attached hydrogen (secondary N) is 1. The highest BCUT2D eigenvalue weighted by Crippen LogP contribution is 2.46. The van der Waals surface area contributed by atoms with Gasteiger partial charge in [0.15, 0.2) is 0 Å². The summed E-state index contributed by atoms with van der Waals surface area (Å²) in [5.41, 5.74) is 0.988. The fourth-order valence-electron chi connectivity index (χ4n) is 3.78. The number of benzene rings is 1. The minimum absolute atomic E-state index is 0.0176. The molecule has 0 bridgehead atoms. The molecule has 1 fully saturated rings. The zero-order valence-electron chi connectivity index (χ0n) is 14.0. The molecule has 2 heterocycles. The summed E-state index contributed by atoms with van der Waals surface area (Å²) in [5, 5.41) is 13.4. The van der Waals surface area contributed by atoms with Gasteiger partial charge in [-0.05, 0) is 24.3 Å². The van der Waals surface area contributed by atoms with Gasteiger partial charge in [-0.25, -0.2) is 0 Å². The van der Waals surface area contributed by atoms with E-state index in [4.69, 9.17) is 0 Å². The Morgan fingerprint density at radius 1 is 1.33 bits per heavy atom. The Morgan fingerprint density at radius 2 is 2.08 bits per heavy atom. The second kappa shape index (κ2) is 6.69. The average molecular weight is 325 g/mol. The monoisotopic (exact) mass is 325 g/mol. The lowest BCUT2D eigenvalue weighted by Gasteiger charge is -2.27.